The molecule has 3 atom stereocenters. The smallest absolute Gasteiger partial charge is 0.190 e. The topological polar surface area (TPSA) is 34.1 Å². The summed E-state index contributed by atoms with van der Waals surface area (Å²) in [6.45, 7) is 18.8. The van der Waals surface area contributed by atoms with Crippen molar-refractivity contribution in [3.8, 4) is 11.1 Å². The lowest BCUT2D eigenvalue weighted by Gasteiger charge is -2.59. The number of aryl methyl sites for hydroxylation is 1. The Morgan fingerprint density at radius 1 is 0.914 bits per heavy atom. The minimum absolute atomic E-state index is 0.112. The summed E-state index contributed by atoms with van der Waals surface area (Å²) in [6.07, 6.45) is 2.46. The average Bonchev–Trinajstić information content (AvgIpc) is 2.76. The van der Waals surface area contributed by atoms with Crippen molar-refractivity contribution in [2.45, 2.75) is 67.7 Å². The summed E-state index contributed by atoms with van der Waals surface area (Å²) in [5.41, 5.74) is 8.57. The molecular weight excluding hydrogens is 428 g/mol. The van der Waals surface area contributed by atoms with Crippen LogP contribution in [0.3, 0.4) is 0 Å². The lowest BCUT2D eigenvalue weighted by molar-refractivity contribution is -0.132. The molecule has 0 saturated carbocycles. The molecule has 0 unspecified atom stereocenters. The predicted octanol–water partition coefficient (Wildman–Crippen LogP) is 8.01. The summed E-state index contributed by atoms with van der Waals surface area (Å²) in [7, 11) is 0. The quantitative estimate of drug-likeness (QED) is 0.451. The van der Waals surface area contributed by atoms with Crippen LogP contribution >= 0.6 is 0 Å². The number of fused-ring (bicyclic) bond motifs is 3. The van der Waals surface area contributed by atoms with Crippen LogP contribution in [0.1, 0.15) is 75.9 Å². The van der Waals surface area contributed by atoms with E-state index in [9.17, 15) is 9.59 Å². The molecule has 2 heteroatoms. The molecule has 0 aromatic heterocycles. The van der Waals surface area contributed by atoms with Crippen LogP contribution in [0.2, 0.25) is 0 Å². The molecule has 2 nitrogen and oxygen atoms in total. The van der Waals surface area contributed by atoms with Crippen molar-refractivity contribution in [3.63, 3.8) is 0 Å². The van der Waals surface area contributed by atoms with Crippen molar-refractivity contribution in [1.82, 2.24) is 0 Å². The zero-order valence-electron chi connectivity index (χ0n) is 22.2. The van der Waals surface area contributed by atoms with Gasteiger partial charge in [0.1, 0.15) is 0 Å². The highest BCUT2D eigenvalue weighted by Crippen LogP contribution is 2.66. The van der Waals surface area contributed by atoms with Gasteiger partial charge in [-0.3, -0.25) is 9.59 Å². The Morgan fingerprint density at radius 3 is 2.20 bits per heavy atom. The van der Waals surface area contributed by atoms with Crippen molar-refractivity contribution in [2.75, 3.05) is 0 Å². The van der Waals surface area contributed by atoms with E-state index in [1.807, 2.05) is 19.9 Å². The third kappa shape index (κ3) is 3.01. The molecule has 3 aliphatic carbocycles. The first-order valence-corrected chi connectivity index (χ1v) is 12.7. The Hall–Kier alpha value is -3.00. The number of rotatable bonds is 2. The second-order valence-electron chi connectivity index (χ2n) is 12.0. The minimum atomic E-state index is -0.715. The Morgan fingerprint density at radius 2 is 1.57 bits per heavy atom. The van der Waals surface area contributed by atoms with Crippen molar-refractivity contribution in [1.29, 1.82) is 0 Å². The molecule has 5 rings (SSSR count). The van der Waals surface area contributed by atoms with Gasteiger partial charge in [0.15, 0.2) is 11.6 Å². The Balaban J connectivity index is 1.78. The van der Waals surface area contributed by atoms with Crippen LogP contribution in [0.25, 0.3) is 11.1 Å². The molecule has 3 aliphatic rings. The summed E-state index contributed by atoms with van der Waals surface area (Å²) in [4.78, 5) is 28.5. The molecule has 0 saturated heterocycles. The third-order valence-electron chi connectivity index (χ3n) is 9.53. The summed E-state index contributed by atoms with van der Waals surface area (Å²) in [5, 5.41) is 0. The monoisotopic (exact) mass is 464 g/mol. The maximum atomic E-state index is 14.4. The highest BCUT2D eigenvalue weighted by Gasteiger charge is 2.62. The normalized spacial score (nSPS) is 30.1. The van der Waals surface area contributed by atoms with Crippen LogP contribution in [0, 0.1) is 23.2 Å². The number of carbonyl (C=O) groups is 2. The van der Waals surface area contributed by atoms with Crippen LogP contribution < -0.4 is 0 Å². The first-order chi connectivity index (χ1) is 16.4. The van der Waals surface area contributed by atoms with E-state index < -0.39 is 5.41 Å². The zero-order valence-corrected chi connectivity index (χ0v) is 22.2. The second kappa shape index (κ2) is 7.50. The molecule has 0 fully saturated rings. The van der Waals surface area contributed by atoms with Crippen LogP contribution in [0.15, 0.2) is 76.9 Å². The second-order valence-corrected chi connectivity index (χ2v) is 12.0. The van der Waals surface area contributed by atoms with E-state index in [4.69, 9.17) is 0 Å². The fraction of sp³-hybridized carbons (Fsp3) is 0.394. The number of allylic oxidation sites excluding steroid dienone is 5. The van der Waals surface area contributed by atoms with E-state index in [2.05, 4.69) is 77.6 Å². The summed E-state index contributed by atoms with van der Waals surface area (Å²) in [5.74, 6) is 0.248. The van der Waals surface area contributed by atoms with Crippen LogP contribution in [-0.4, -0.2) is 11.6 Å². The predicted molar refractivity (Wildman–Crippen MR) is 143 cm³/mol. The average molecular weight is 465 g/mol. The van der Waals surface area contributed by atoms with Gasteiger partial charge in [-0.15, -0.1) is 0 Å². The van der Waals surface area contributed by atoms with E-state index >= 15 is 0 Å². The molecule has 0 bridgehead atoms. The van der Waals surface area contributed by atoms with Crippen molar-refractivity contribution in [3.05, 3.63) is 93.6 Å². The molecule has 0 N–H and O–H groups in total. The summed E-state index contributed by atoms with van der Waals surface area (Å²) < 4.78 is 0. The van der Waals surface area contributed by atoms with Gasteiger partial charge in [-0.05, 0) is 87.1 Å². The molecule has 2 aromatic carbocycles. The van der Waals surface area contributed by atoms with Gasteiger partial charge in [-0.25, -0.2) is 0 Å². The molecular formula is C33H36O2. The van der Waals surface area contributed by atoms with Gasteiger partial charge in [0.2, 0.25) is 0 Å². The Labute approximate surface area is 209 Å². The number of hydrogen-bond acceptors (Lipinski definition) is 2. The highest BCUT2D eigenvalue weighted by atomic mass is 16.1. The number of Topliss-reactive ketones (excluding diaryl/α,β-unsaturated/α-hetero) is 2. The largest absolute Gasteiger partial charge is 0.293 e. The van der Waals surface area contributed by atoms with Crippen LogP contribution in [0.4, 0.5) is 0 Å². The maximum Gasteiger partial charge on any atom is 0.190 e. The fourth-order valence-electron chi connectivity index (χ4n) is 7.90. The standard InChI is InChI=1S/C33H36O2/c1-19(2)26-21(4)16-32(7)18-31(6)17-25-24(23-12-10-9-11-13-23)15-14-20(3)27(25)29(34)28(31)22(5)33(32,8)30(26)35/h9-15H,1,16-18H2,2-8H3/t31-,32+,33+/m1/s1. The van der Waals surface area contributed by atoms with Gasteiger partial charge >= 0.3 is 0 Å². The zero-order chi connectivity index (χ0) is 25.5. The lowest BCUT2D eigenvalue weighted by atomic mass is 9.42. The van der Waals surface area contributed by atoms with Gasteiger partial charge in [0.25, 0.3) is 0 Å². The summed E-state index contributed by atoms with van der Waals surface area (Å²) in [6, 6.07) is 14.6. The first kappa shape index (κ1) is 23.7. The third-order valence-corrected chi connectivity index (χ3v) is 9.53. The number of hydrogen-bond donors (Lipinski definition) is 0. The van der Waals surface area contributed by atoms with E-state index in [0.29, 0.717) is 0 Å². The van der Waals surface area contributed by atoms with Gasteiger partial charge in [0.05, 0.1) is 5.41 Å². The fourth-order valence-corrected chi connectivity index (χ4v) is 7.90. The van der Waals surface area contributed by atoms with Crippen LogP contribution in [-0.2, 0) is 11.2 Å². The van der Waals surface area contributed by atoms with Crippen molar-refractivity contribution < 1.29 is 9.59 Å². The Bertz CT molecular complexity index is 1390. The summed E-state index contributed by atoms with van der Waals surface area (Å²) >= 11 is 0. The SMILES string of the molecule is C=C(C)C1=C(C)C[C@@]2(C)C[C@@]3(C)Cc4c(-c5ccccc5)ccc(C)c4C(=O)C3=C(C)[C@@]2(C)C1=O. The van der Waals surface area contributed by atoms with Gasteiger partial charge in [-0.1, -0.05) is 74.0 Å². The molecule has 0 heterocycles. The lowest BCUT2D eigenvalue weighted by Crippen LogP contribution is -2.56. The number of ketones is 2. The van der Waals surface area contributed by atoms with Gasteiger partial charge in [-0.2, -0.15) is 0 Å². The number of carbonyl (C=O) groups excluding carboxylic acids is 2. The highest BCUT2D eigenvalue weighted by molar-refractivity contribution is 6.16. The molecule has 35 heavy (non-hydrogen) atoms. The molecule has 0 aliphatic heterocycles. The molecule has 2 aromatic rings. The Kier molecular flexibility index (Phi) is 5.08. The molecule has 0 radical (unpaired) electrons. The van der Waals surface area contributed by atoms with Gasteiger partial charge in [0, 0.05) is 22.1 Å². The van der Waals surface area contributed by atoms with E-state index in [0.717, 1.165) is 74.9 Å². The molecule has 180 valence electrons. The number of benzene rings is 2. The van der Waals surface area contributed by atoms with Gasteiger partial charge < -0.3 is 0 Å². The van der Waals surface area contributed by atoms with Crippen molar-refractivity contribution in [2.24, 2.45) is 16.2 Å². The molecule has 0 spiro atoms. The van der Waals surface area contributed by atoms with E-state index in [1.54, 1.807) is 0 Å². The van der Waals surface area contributed by atoms with Crippen molar-refractivity contribution >= 4 is 11.6 Å². The first-order valence-electron chi connectivity index (χ1n) is 12.7. The van der Waals surface area contributed by atoms with Crippen LogP contribution in [0.5, 0.6) is 0 Å². The van der Waals surface area contributed by atoms with E-state index in [-0.39, 0.29) is 22.4 Å². The minimum Gasteiger partial charge on any atom is -0.293 e. The molecule has 0 amide bonds. The maximum absolute atomic E-state index is 14.4. The van der Waals surface area contributed by atoms with E-state index in [1.165, 1.54) is 0 Å².